The number of hydrogen-bond donors (Lipinski definition) is 1. The number of rotatable bonds is 2. The number of aliphatic hydroxyl groups excluding tert-OH is 1. The molecule has 0 unspecified atom stereocenters. The van der Waals surface area contributed by atoms with Crippen molar-refractivity contribution in [2.24, 2.45) is 0 Å². The Hall–Kier alpha value is -1.43. The van der Waals surface area contributed by atoms with Gasteiger partial charge in [0, 0.05) is 6.61 Å². The second-order valence-electron chi connectivity index (χ2n) is 3.62. The van der Waals surface area contributed by atoms with Crippen molar-refractivity contribution in [3.05, 3.63) is 23.3 Å². The minimum atomic E-state index is -4.46. The maximum atomic E-state index is 12.8. The number of halogens is 3. The third kappa shape index (κ3) is 2.46. The van der Waals surface area contributed by atoms with E-state index in [1.165, 1.54) is 6.07 Å². The second kappa shape index (κ2) is 4.44. The van der Waals surface area contributed by atoms with E-state index in [1.807, 2.05) is 0 Å². The average molecular weight is 248 g/mol. The molecule has 0 saturated carbocycles. The van der Waals surface area contributed by atoms with Crippen LogP contribution in [0.2, 0.25) is 0 Å². The summed E-state index contributed by atoms with van der Waals surface area (Å²) in [5.74, 6) is 0.401. The highest BCUT2D eigenvalue weighted by Crippen LogP contribution is 2.40. The first-order chi connectivity index (χ1) is 8.02. The van der Waals surface area contributed by atoms with Crippen LogP contribution in [0.25, 0.3) is 0 Å². The topological polar surface area (TPSA) is 38.7 Å². The van der Waals surface area contributed by atoms with E-state index < -0.39 is 11.7 Å². The van der Waals surface area contributed by atoms with Gasteiger partial charge in [-0.25, -0.2) is 0 Å². The van der Waals surface area contributed by atoms with Crippen molar-refractivity contribution >= 4 is 0 Å². The first kappa shape index (κ1) is 12.0. The van der Waals surface area contributed by atoms with Gasteiger partial charge in [-0.05, 0) is 24.1 Å². The summed E-state index contributed by atoms with van der Waals surface area (Å²) in [6, 6.07) is 2.22. The zero-order chi connectivity index (χ0) is 12.5. The van der Waals surface area contributed by atoms with E-state index in [-0.39, 0.29) is 30.9 Å². The van der Waals surface area contributed by atoms with Gasteiger partial charge in [0.25, 0.3) is 0 Å². The van der Waals surface area contributed by atoms with Gasteiger partial charge in [-0.1, -0.05) is 0 Å². The second-order valence-corrected chi connectivity index (χ2v) is 3.62. The molecule has 1 heterocycles. The highest BCUT2D eigenvalue weighted by atomic mass is 19.4. The summed E-state index contributed by atoms with van der Waals surface area (Å²) in [6.45, 7) is 0.212. The van der Waals surface area contributed by atoms with Crippen LogP contribution in [0.1, 0.15) is 11.1 Å². The predicted molar refractivity (Wildman–Crippen MR) is 53.2 cm³/mol. The molecule has 1 aliphatic heterocycles. The molecule has 17 heavy (non-hydrogen) atoms. The van der Waals surface area contributed by atoms with E-state index >= 15 is 0 Å². The Labute approximate surface area is 95.8 Å². The van der Waals surface area contributed by atoms with Crippen LogP contribution < -0.4 is 9.47 Å². The van der Waals surface area contributed by atoms with E-state index in [9.17, 15) is 13.2 Å². The lowest BCUT2D eigenvalue weighted by molar-refractivity contribution is -0.138. The fourth-order valence-electron chi connectivity index (χ4n) is 1.72. The Kier molecular flexibility index (Phi) is 3.15. The molecular formula is C11H11F3O3. The summed E-state index contributed by atoms with van der Waals surface area (Å²) in [4.78, 5) is 0. The van der Waals surface area contributed by atoms with Crippen LogP contribution in [-0.4, -0.2) is 24.9 Å². The number of alkyl halides is 3. The molecule has 0 atom stereocenters. The van der Waals surface area contributed by atoms with Crippen LogP contribution in [0.4, 0.5) is 13.2 Å². The molecule has 1 N–H and O–H groups in total. The van der Waals surface area contributed by atoms with Crippen molar-refractivity contribution < 1.29 is 27.8 Å². The van der Waals surface area contributed by atoms with Crippen LogP contribution in [-0.2, 0) is 12.6 Å². The van der Waals surface area contributed by atoms with Crippen LogP contribution in [0.15, 0.2) is 12.1 Å². The first-order valence-corrected chi connectivity index (χ1v) is 5.13. The Balaban J connectivity index is 2.48. The minimum absolute atomic E-state index is 0.0178. The summed E-state index contributed by atoms with van der Waals surface area (Å²) in [5, 5.41) is 8.77. The number of aliphatic hydroxyl groups is 1. The standard InChI is InChI=1S/C11H11F3O3/c12-11(13,14)8-6-10-9(16-3-4-17-10)5-7(8)1-2-15/h5-6,15H,1-4H2. The molecule has 0 aliphatic carbocycles. The number of hydrogen-bond acceptors (Lipinski definition) is 3. The summed E-state index contributed by atoms with van der Waals surface area (Å²) in [6.07, 6.45) is -4.52. The van der Waals surface area contributed by atoms with Crippen molar-refractivity contribution in [1.29, 1.82) is 0 Å². The molecular weight excluding hydrogens is 237 g/mol. The van der Waals surface area contributed by atoms with E-state index in [2.05, 4.69) is 0 Å². The van der Waals surface area contributed by atoms with Gasteiger partial charge in [0.1, 0.15) is 13.2 Å². The van der Waals surface area contributed by atoms with Gasteiger partial charge in [0.05, 0.1) is 5.56 Å². The molecule has 0 radical (unpaired) electrons. The Morgan fingerprint density at radius 2 is 1.71 bits per heavy atom. The number of ether oxygens (including phenoxy) is 2. The quantitative estimate of drug-likeness (QED) is 0.870. The van der Waals surface area contributed by atoms with Gasteiger partial charge in [0.2, 0.25) is 0 Å². The molecule has 1 aliphatic rings. The lowest BCUT2D eigenvalue weighted by Gasteiger charge is -2.21. The molecule has 0 spiro atoms. The molecule has 94 valence electrons. The van der Waals surface area contributed by atoms with E-state index in [0.29, 0.717) is 12.4 Å². The van der Waals surface area contributed by atoms with Gasteiger partial charge < -0.3 is 14.6 Å². The van der Waals surface area contributed by atoms with Gasteiger partial charge in [-0.15, -0.1) is 0 Å². The van der Waals surface area contributed by atoms with Gasteiger partial charge in [-0.2, -0.15) is 13.2 Å². The monoisotopic (exact) mass is 248 g/mol. The predicted octanol–water partition coefficient (Wildman–Crippen LogP) is 2.01. The lowest BCUT2D eigenvalue weighted by atomic mass is 10.0. The fraction of sp³-hybridized carbons (Fsp3) is 0.455. The van der Waals surface area contributed by atoms with Gasteiger partial charge in [-0.3, -0.25) is 0 Å². The van der Waals surface area contributed by atoms with Crippen LogP contribution in [0, 0.1) is 0 Å². The average Bonchev–Trinajstić information content (AvgIpc) is 2.27. The smallest absolute Gasteiger partial charge is 0.416 e. The van der Waals surface area contributed by atoms with Crippen LogP contribution in [0.3, 0.4) is 0 Å². The highest BCUT2D eigenvalue weighted by molar-refractivity contribution is 5.49. The molecule has 1 aromatic rings. The summed E-state index contributed by atoms with van der Waals surface area (Å²) < 4.78 is 48.6. The van der Waals surface area contributed by atoms with Crippen molar-refractivity contribution in [3.8, 4) is 11.5 Å². The highest BCUT2D eigenvalue weighted by Gasteiger charge is 2.35. The Morgan fingerprint density at radius 3 is 2.24 bits per heavy atom. The molecule has 0 fully saturated rings. The Morgan fingerprint density at radius 1 is 1.12 bits per heavy atom. The minimum Gasteiger partial charge on any atom is -0.486 e. The van der Waals surface area contributed by atoms with Crippen molar-refractivity contribution in [1.82, 2.24) is 0 Å². The maximum absolute atomic E-state index is 12.8. The third-order valence-corrected chi connectivity index (χ3v) is 2.45. The molecule has 0 saturated heterocycles. The van der Waals surface area contributed by atoms with Crippen molar-refractivity contribution in [3.63, 3.8) is 0 Å². The van der Waals surface area contributed by atoms with E-state index in [4.69, 9.17) is 14.6 Å². The molecule has 0 bridgehead atoms. The normalized spacial score (nSPS) is 14.8. The number of fused-ring (bicyclic) bond motifs is 1. The molecule has 2 rings (SSSR count). The zero-order valence-electron chi connectivity index (χ0n) is 8.88. The van der Waals surface area contributed by atoms with Crippen LogP contribution in [0.5, 0.6) is 11.5 Å². The maximum Gasteiger partial charge on any atom is 0.416 e. The van der Waals surface area contributed by atoms with Gasteiger partial charge in [0.15, 0.2) is 11.5 Å². The zero-order valence-corrected chi connectivity index (χ0v) is 8.88. The summed E-state index contributed by atoms with van der Waals surface area (Å²) in [7, 11) is 0. The molecule has 6 heteroatoms. The number of benzene rings is 1. The largest absolute Gasteiger partial charge is 0.486 e. The van der Waals surface area contributed by atoms with Crippen molar-refractivity contribution in [2.45, 2.75) is 12.6 Å². The summed E-state index contributed by atoms with van der Waals surface area (Å²) >= 11 is 0. The SMILES string of the molecule is OCCc1cc2c(cc1C(F)(F)F)OCCO2. The Bertz CT molecular complexity index is 415. The summed E-state index contributed by atoms with van der Waals surface area (Å²) in [5.41, 5.74) is -0.764. The molecule has 3 nitrogen and oxygen atoms in total. The van der Waals surface area contributed by atoms with Gasteiger partial charge >= 0.3 is 6.18 Å². The van der Waals surface area contributed by atoms with E-state index in [1.54, 1.807) is 0 Å². The third-order valence-electron chi connectivity index (χ3n) is 2.45. The lowest BCUT2D eigenvalue weighted by Crippen LogP contribution is -2.18. The first-order valence-electron chi connectivity index (χ1n) is 5.13. The van der Waals surface area contributed by atoms with E-state index in [0.717, 1.165) is 6.07 Å². The van der Waals surface area contributed by atoms with Crippen LogP contribution >= 0.6 is 0 Å². The fourth-order valence-corrected chi connectivity index (χ4v) is 1.72. The molecule has 0 aromatic heterocycles. The molecule has 0 amide bonds. The van der Waals surface area contributed by atoms with Crippen molar-refractivity contribution in [2.75, 3.05) is 19.8 Å². The molecule has 1 aromatic carbocycles.